The predicted octanol–water partition coefficient (Wildman–Crippen LogP) is 1.42. The summed E-state index contributed by atoms with van der Waals surface area (Å²) in [6.07, 6.45) is 3.55. The molecule has 1 aromatic heterocycles. The zero-order valence-corrected chi connectivity index (χ0v) is 12.3. The van der Waals surface area contributed by atoms with Gasteiger partial charge in [-0.25, -0.2) is 4.98 Å². The highest BCUT2D eigenvalue weighted by atomic mass is 16.2. The van der Waals surface area contributed by atoms with Crippen LogP contribution in [-0.2, 0) is 0 Å². The number of nitrogens with one attached hydrogen (secondary N) is 2. The lowest BCUT2D eigenvalue weighted by molar-refractivity contribution is 0.0672. The van der Waals surface area contributed by atoms with E-state index < -0.39 is 0 Å². The summed E-state index contributed by atoms with van der Waals surface area (Å²) >= 11 is 0. The Morgan fingerprint density at radius 2 is 2.25 bits per heavy atom. The summed E-state index contributed by atoms with van der Waals surface area (Å²) < 4.78 is 0. The minimum atomic E-state index is -0.311. The summed E-state index contributed by atoms with van der Waals surface area (Å²) in [4.78, 5) is 33.1. The molecule has 20 heavy (non-hydrogen) atoms. The molecular formula is C14H22N4O2. The van der Waals surface area contributed by atoms with Crippen molar-refractivity contribution >= 4 is 11.8 Å². The van der Waals surface area contributed by atoms with E-state index in [1.54, 1.807) is 4.90 Å². The number of carbonyl (C=O) groups is 2. The predicted molar refractivity (Wildman–Crippen MR) is 75.5 cm³/mol. The Bertz CT molecular complexity index is 495. The fourth-order valence-corrected chi connectivity index (χ4v) is 2.49. The Hall–Kier alpha value is -1.85. The molecule has 1 aliphatic rings. The molecule has 2 rings (SSSR count). The molecule has 0 aromatic carbocycles. The van der Waals surface area contributed by atoms with Gasteiger partial charge in [-0.15, -0.1) is 0 Å². The number of likely N-dealkylation sites (tertiary alicyclic amines) is 1. The molecule has 0 radical (unpaired) electrons. The van der Waals surface area contributed by atoms with Crippen molar-refractivity contribution in [3.05, 3.63) is 17.7 Å². The fraction of sp³-hybridized carbons (Fsp3) is 0.643. The minimum Gasteiger partial charge on any atom is -0.348 e. The number of amides is 2. The Balaban J connectivity index is 2.14. The van der Waals surface area contributed by atoms with Crippen molar-refractivity contribution in [2.45, 2.75) is 39.7 Å². The van der Waals surface area contributed by atoms with Crippen molar-refractivity contribution in [2.75, 3.05) is 13.1 Å². The normalized spacial score (nSPS) is 19.2. The first-order chi connectivity index (χ1) is 9.49. The number of aromatic nitrogens is 2. The molecule has 2 amide bonds. The fourth-order valence-electron chi connectivity index (χ4n) is 2.49. The van der Waals surface area contributed by atoms with Crippen LogP contribution in [0, 0.1) is 5.92 Å². The van der Waals surface area contributed by atoms with Gasteiger partial charge < -0.3 is 15.2 Å². The number of H-pyrrole nitrogens is 1. The summed E-state index contributed by atoms with van der Waals surface area (Å²) in [5, 5.41) is 2.76. The SMILES string of the molecule is CC(C)NC(=O)c1nc[nH]c1C(=O)N1CCC[C@@H](C)C1. The van der Waals surface area contributed by atoms with Gasteiger partial charge in [-0.05, 0) is 32.6 Å². The van der Waals surface area contributed by atoms with E-state index in [4.69, 9.17) is 0 Å². The average Bonchev–Trinajstić information content (AvgIpc) is 2.86. The molecule has 0 spiro atoms. The maximum Gasteiger partial charge on any atom is 0.272 e. The first-order valence-corrected chi connectivity index (χ1v) is 7.12. The van der Waals surface area contributed by atoms with Gasteiger partial charge in [0.25, 0.3) is 11.8 Å². The van der Waals surface area contributed by atoms with E-state index in [2.05, 4.69) is 22.2 Å². The van der Waals surface area contributed by atoms with Crippen molar-refractivity contribution in [1.29, 1.82) is 0 Å². The maximum absolute atomic E-state index is 12.5. The highest BCUT2D eigenvalue weighted by molar-refractivity contribution is 6.04. The standard InChI is InChI=1S/C14H22N4O2/c1-9(2)17-13(19)11-12(16-8-15-11)14(20)18-6-4-5-10(3)7-18/h8-10H,4-7H2,1-3H3,(H,15,16)(H,17,19)/t10-/m1/s1. The zero-order valence-electron chi connectivity index (χ0n) is 12.3. The molecule has 1 aliphatic heterocycles. The molecule has 110 valence electrons. The Morgan fingerprint density at radius 3 is 2.90 bits per heavy atom. The third kappa shape index (κ3) is 3.18. The van der Waals surface area contributed by atoms with Gasteiger partial charge in [0.1, 0.15) is 5.69 Å². The van der Waals surface area contributed by atoms with E-state index in [0.29, 0.717) is 5.92 Å². The second-order valence-corrected chi connectivity index (χ2v) is 5.75. The van der Waals surface area contributed by atoms with E-state index in [1.807, 2.05) is 13.8 Å². The Morgan fingerprint density at radius 1 is 1.50 bits per heavy atom. The quantitative estimate of drug-likeness (QED) is 0.877. The van der Waals surface area contributed by atoms with Gasteiger partial charge in [-0.3, -0.25) is 9.59 Å². The van der Waals surface area contributed by atoms with E-state index in [0.717, 1.165) is 25.9 Å². The summed E-state index contributed by atoms with van der Waals surface area (Å²) in [7, 11) is 0. The van der Waals surface area contributed by atoms with Crippen LogP contribution < -0.4 is 5.32 Å². The summed E-state index contributed by atoms with van der Waals surface area (Å²) in [5.74, 6) is 0.0566. The van der Waals surface area contributed by atoms with Crippen LogP contribution in [0.5, 0.6) is 0 Å². The summed E-state index contributed by atoms with van der Waals surface area (Å²) in [6, 6.07) is 0.0113. The van der Waals surface area contributed by atoms with Crippen molar-refractivity contribution in [2.24, 2.45) is 5.92 Å². The van der Waals surface area contributed by atoms with Gasteiger partial charge in [0.15, 0.2) is 5.69 Å². The maximum atomic E-state index is 12.5. The van der Waals surface area contributed by atoms with Crippen LogP contribution in [0.1, 0.15) is 54.6 Å². The number of piperidine rings is 1. The monoisotopic (exact) mass is 278 g/mol. The van der Waals surface area contributed by atoms with Gasteiger partial charge in [-0.2, -0.15) is 0 Å². The molecule has 1 atom stereocenters. The molecule has 0 aliphatic carbocycles. The van der Waals surface area contributed by atoms with Crippen LogP contribution in [0.15, 0.2) is 6.33 Å². The molecule has 1 aromatic rings. The smallest absolute Gasteiger partial charge is 0.272 e. The van der Waals surface area contributed by atoms with Crippen LogP contribution in [0.25, 0.3) is 0 Å². The number of hydrogen-bond acceptors (Lipinski definition) is 3. The minimum absolute atomic E-state index is 0.0113. The third-order valence-electron chi connectivity index (χ3n) is 3.43. The van der Waals surface area contributed by atoms with Crippen LogP contribution in [-0.4, -0.2) is 45.8 Å². The molecular weight excluding hydrogens is 256 g/mol. The van der Waals surface area contributed by atoms with E-state index >= 15 is 0 Å². The second-order valence-electron chi connectivity index (χ2n) is 5.75. The third-order valence-corrected chi connectivity index (χ3v) is 3.43. The lowest BCUT2D eigenvalue weighted by Crippen LogP contribution is -2.40. The van der Waals surface area contributed by atoms with Gasteiger partial charge >= 0.3 is 0 Å². The van der Waals surface area contributed by atoms with E-state index in [9.17, 15) is 9.59 Å². The van der Waals surface area contributed by atoms with Crippen LogP contribution in [0.3, 0.4) is 0 Å². The lowest BCUT2D eigenvalue weighted by atomic mass is 10.00. The van der Waals surface area contributed by atoms with Gasteiger partial charge in [0.2, 0.25) is 0 Å². The van der Waals surface area contributed by atoms with Gasteiger partial charge in [-0.1, -0.05) is 6.92 Å². The number of nitrogens with zero attached hydrogens (tertiary/aromatic N) is 2. The lowest BCUT2D eigenvalue weighted by Gasteiger charge is -2.30. The van der Waals surface area contributed by atoms with E-state index in [-0.39, 0.29) is 29.2 Å². The van der Waals surface area contributed by atoms with Crippen molar-refractivity contribution in [3.8, 4) is 0 Å². The Labute approximate surface area is 119 Å². The highest BCUT2D eigenvalue weighted by Crippen LogP contribution is 2.18. The average molecular weight is 278 g/mol. The molecule has 2 N–H and O–H groups in total. The van der Waals surface area contributed by atoms with Crippen molar-refractivity contribution in [3.63, 3.8) is 0 Å². The second kappa shape index (κ2) is 6.07. The summed E-state index contributed by atoms with van der Waals surface area (Å²) in [5.41, 5.74) is 0.471. The van der Waals surface area contributed by atoms with Crippen LogP contribution >= 0.6 is 0 Å². The molecule has 0 saturated carbocycles. The van der Waals surface area contributed by atoms with E-state index in [1.165, 1.54) is 6.33 Å². The van der Waals surface area contributed by atoms with Gasteiger partial charge in [0, 0.05) is 19.1 Å². The number of hydrogen-bond donors (Lipinski definition) is 2. The number of rotatable bonds is 3. The first kappa shape index (κ1) is 14.6. The largest absolute Gasteiger partial charge is 0.348 e. The molecule has 0 bridgehead atoms. The molecule has 1 saturated heterocycles. The molecule has 1 fully saturated rings. The van der Waals surface area contributed by atoms with Crippen molar-refractivity contribution in [1.82, 2.24) is 20.2 Å². The molecule has 0 unspecified atom stereocenters. The zero-order chi connectivity index (χ0) is 14.7. The van der Waals surface area contributed by atoms with Crippen LogP contribution in [0.4, 0.5) is 0 Å². The molecule has 6 nitrogen and oxygen atoms in total. The number of imidazole rings is 1. The van der Waals surface area contributed by atoms with Crippen molar-refractivity contribution < 1.29 is 9.59 Å². The highest BCUT2D eigenvalue weighted by Gasteiger charge is 2.27. The number of aromatic amines is 1. The topological polar surface area (TPSA) is 78.1 Å². The summed E-state index contributed by atoms with van der Waals surface area (Å²) in [6.45, 7) is 7.37. The van der Waals surface area contributed by atoms with Gasteiger partial charge in [0.05, 0.1) is 6.33 Å². The molecule has 2 heterocycles. The first-order valence-electron chi connectivity index (χ1n) is 7.12. The Kier molecular flexibility index (Phi) is 4.42. The van der Waals surface area contributed by atoms with Crippen LogP contribution in [0.2, 0.25) is 0 Å². The molecule has 6 heteroatoms. The number of carbonyl (C=O) groups excluding carboxylic acids is 2.